The Labute approximate surface area is 57.4 Å². The third-order valence-electron chi connectivity index (χ3n) is 1.35. The van der Waals surface area contributed by atoms with Crippen LogP contribution < -0.4 is 0 Å². The zero-order chi connectivity index (χ0) is 7.40. The van der Waals surface area contributed by atoms with Crippen LogP contribution >= 0.6 is 0 Å². The van der Waals surface area contributed by atoms with Crippen molar-refractivity contribution in [3.63, 3.8) is 0 Å². The summed E-state index contributed by atoms with van der Waals surface area (Å²) < 4.78 is 12.4. The van der Waals surface area contributed by atoms with Gasteiger partial charge in [-0.15, -0.1) is 6.58 Å². The van der Waals surface area contributed by atoms with Crippen LogP contribution in [-0.2, 0) is 4.74 Å². The zero-order valence-electron chi connectivity index (χ0n) is 6.42. The predicted molar refractivity (Wildman–Crippen MR) is 38.0 cm³/mol. The fourth-order valence-corrected chi connectivity index (χ4v) is 0.864. The van der Waals surface area contributed by atoms with Crippen molar-refractivity contribution in [1.82, 2.24) is 0 Å². The molecule has 0 aromatic heterocycles. The fourth-order valence-electron chi connectivity index (χ4n) is 0.864. The summed E-state index contributed by atoms with van der Waals surface area (Å²) in [6, 6.07) is 0. The van der Waals surface area contributed by atoms with Crippen LogP contribution in [0.15, 0.2) is 25.0 Å². The highest BCUT2D eigenvalue weighted by molar-refractivity contribution is 4.85. The molecule has 0 aliphatic carbocycles. The third kappa shape index (κ3) is 1.92. The largest absolute Gasteiger partial charge is 0.501 e. The lowest BCUT2D eigenvalue weighted by atomic mass is 10.0. The minimum absolute atomic E-state index is 0.308. The molecule has 1 rings (SSSR count). The minimum Gasteiger partial charge on any atom is -0.501 e. The summed E-state index contributed by atoms with van der Waals surface area (Å²) in [6.45, 7) is 3.24. The number of hydrogen-bond acceptors (Lipinski definition) is 1. The van der Waals surface area contributed by atoms with Crippen molar-refractivity contribution in [3.8, 4) is 0 Å². The standard InChI is InChI=1S/C8H12O/c1-2-4-8-5-3-6-9-7-8/h2-3,6,8H,1,4-5,7H2/i7D/t7-,8?/m0/s1. The smallest absolute Gasteiger partial charge is 0.0907 e. The topological polar surface area (TPSA) is 9.23 Å². The molecule has 0 saturated carbocycles. The van der Waals surface area contributed by atoms with E-state index in [4.69, 9.17) is 6.11 Å². The quantitative estimate of drug-likeness (QED) is 0.513. The first kappa shape index (κ1) is 5.10. The van der Waals surface area contributed by atoms with Gasteiger partial charge in [0.25, 0.3) is 0 Å². The van der Waals surface area contributed by atoms with Crippen LogP contribution in [-0.4, -0.2) is 6.58 Å². The van der Waals surface area contributed by atoms with E-state index in [-0.39, 0.29) is 6.58 Å². The molecule has 0 saturated heterocycles. The van der Waals surface area contributed by atoms with Crippen LogP contribution in [0.3, 0.4) is 0 Å². The van der Waals surface area contributed by atoms with Crippen LogP contribution in [0.1, 0.15) is 14.2 Å². The molecule has 0 aromatic carbocycles. The molecule has 0 radical (unpaired) electrons. The van der Waals surface area contributed by atoms with Crippen molar-refractivity contribution in [2.75, 3.05) is 6.58 Å². The Bertz CT molecular complexity index is 142. The van der Waals surface area contributed by atoms with E-state index in [1.807, 2.05) is 12.2 Å². The van der Waals surface area contributed by atoms with Crippen molar-refractivity contribution in [2.24, 2.45) is 5.92 Å². The van der Waals surface area contributed by atoms with Gasteiger partial charge in [0.2, 0.25) is 0 Å². The predicted octanol–water partition coefficient (Wildman–Crippen LogP) is 2.11. The maximum atomic E-state index is 7.41. The van der Waals surface area contributed by atoms with Crippen LogP contribution in [0.4, 0.5) is 0 Å². The first-order chi connectivity index (χ1) is 4.84. The SMILES string of the molecule is [2H][C@@H]1OC=CCC1CC=C. The van der Waals surface area contributed by atoms with Crippen molar-refractivity contribution in [3.05, 3.63) is 25.0 Å². The van der Waals surface area contributed by atoms with E-state index < -0.39 is 0 Å². The second kappa shape index (κ2) is 3.33. The molecule has 0 amide bonds. The van der Waals surface area contributed by atoms with Gasteiger partial charge in [0.15, 0.2) is 0 Å². The number of allylic oxidation sites excluding steroid dienone is 2. The Kier molecular flexibility index (Phi) is 1.89. The van der Waals surface area contributed by atoms with E-state index in [9.17, 15) is 0 Å². The van der Waals surface area contributed by atoms with Crippen molar-refractivity contribution in [1.29, 1.82) is 0 Å². The second-order valence-corrected chi connectivity index (χ2v) is 2.16. The summed E-state index contributed by atoms with van der Waals surface area (Å²) in [6.07, 6.45) is 7.23. The first-order valence-electron chi connectivity index (χ1n) is 3.76. The number of hydrogen-bond donors (Lipinski definition) is 0. The zero-order valence-corrected chi connectivity index (χ0v) is 5.42. The van der Waals surface area contributed by atoms with Crippen molar-refractivity contribution >= 4 is 0 Å². The van der Waals surface area contributed by atoms with E-state index in [0.717, 1.165) is 12.8 Å². The molecule has 0 spiro atoms. The van der Waals surface area contributed by atoms with E-state index in [2.05, 4.69) is 6.58 Å². The average molecular weight is 125 g/mol. The van der Waals surface area contributed by atoms with Crippen LogP contribution in [0.2, 0.25) is 0 Å². The lowest BCUT2D eigenvalue weighted by Gasteiger charge is -2.15. The molecule has 2 atom stereocenters. The maximum absolute atomic E-state index is 7.41. The summed E-state index contributed by atoms with van der Waals surface area (Å²) in [7, 11) is 0. The molecule has 0 N–H and O–H groups in total. The minimum atomic E-state index is -0.386. The molecule has 9 heavy (non-hydrogen) atoms. The second-order valence-electron chi connectivity index (χ2n) is 2.16. The molecule has 1 unspecified atom stereocenters. The lowest BCUT2D eigenvalue weighted by molar-refractivity contribution is 0.178. The number of ether oxygens (including phenoxy) is 1. The van der Waals surface area contributed by atoms with Gasteiger partial charge in [-0.25, -0.2) is 0 Å². The molecule has 1 aliphatic heterocycles. The maximum Gasteiger partial charge on any atom is 0.0907 e. The van der Waals surface area contributed by atoms with E-state index in [0.29, 0.717) is 5.92 Å². The van der Waals surface area contributed by atoms with Gasteiger partial charge in [-0.05, 0) is 24.8 Å². The molecule has 0 bridgehead atoms. The van der Waals surface area contributed by atoms with Gasteiger partial charge < -0.3 is 4.74 Å². The van der Waals surface area contributed by atoms with Gasteiger partial charge in [0.05, 0.1) is 14.2 Å². The first-order valence-corrected chi connectivity index (χ1v) is 3.18. The van der Waals surface area contributed by atoms with Crippen molar-refractivity contribution < 1.29 is 6.11 Å². The lowest BCUT2D eigenvalue weighted by Crippen LogP contribution is -2.08. The molecular weight excluding hydrogens is 112 g/mol. The molecule has 1 heterocycles. The summed E-state index contributed by atoms with van der Waals surface area (Å²) in [5.41, 5.74) is 0. The van der Waals surface area contributed by atoms with Gasteiger partial charge in [-0.1, -0.05) is 6.08 Å². The third-order valence-corrected chi connectivity index (χ3v) is 1.35. The average Bonchev–Trinajstić information content (AvgIpc) is 1.94. The van der Waals surface area contributed by atoms with Gasteiger partial charge >= 0.3 is 0 Å². The van der Waals surface area contributed by atoms with Gasteiger partial charge in [0, 0.05) is 0 Å². The van der Waals surface area contributed by atoms with Gasteiger partial charge in [-0.3, -0.25) is 0 Å². The van der Waals surface area contributed by atoms with Crippen LogP contribution in [0.25, 0.3) is 0 Å². The molecule has 0 fully saturated rings. The summed E-state index contributed by atoms with van der Waals surface area (Å²) in [5, 5.41) is 0. The molecule has 50 valence electrons. The van der Waals surface area contributed by atoms with Crippen LogP contribution in [0.5, 0.6) is 0 Å². The molecule has 1 heteroatoms. The number of rotatable bonds is 2. The Balaban J connectivity index is 2.42. The monoisotopic (exact) mass is 125 g/mol. The molecule has 0 aromatic rings. The Hall–Kier alpha value is -0.720. The Morgan fingerprint density at radius 1 is 2.00 bits per heavy atom. The van der Waals surface area contributed by atoms with E-state index in [1.54, 1.807) is 6.26 Å². The molecule has 1 nitrogen and oxygen atoms in total. The van der Waals surface area contributed by atoms with Crippen molar-refractivity contribution in [2.45, 2.75) is 12.8 Å². The highest BCUT2D eigenvalue weighted by Crippen LogP contribution is 2.14. The highest BCUT2D eigenvalue weighted by atomic mass is 16.5. The normalized spacial score (nSPS) is 34.9. The van der Waals surface area contributed by atoms with Gasteiger partial charge in [0.1, 0.15) is 0 Å². The fraction of sp³-hybridized carbons (Fsp3) is 0.500. The van der Waals surface area contributed by atoms with E-state index >= 15 is 0 Å². The molecule has 1 aliphatic rings. The summed E-state index contributed by atoms with van der Waals surface area (Å²) >= 11 is 0. The summed E-state index contributed by atoms with van der Waals surface area (Å²) in [5.74, 6) is 0.308. The molecular formula is C8H12O. The van der Waals surface area contributed by atoms with Crippen LogP contribution in [0, 0.1) is 5.92 Å². The Morgan fingerprint density at radius 3 is 3.56 bits per heavy atom. The van der Waals surface area contributed by atoms with E-state index in [1.165, 1.54) is 0 Å². The Morgan fingerprint density at radius 2 is 2.89 bits per heavy atom. The highest BCUT2D eigenvalue weighted by Gasteiger charge is 2.07. The van der Waals surface area contributed by atoms with Gasteiger partial charge in [-0.2, -0.15) is 0 Å². The summed E-state index contributed by atoms with van der Waals surface area (Å²) in [4.78, 5) is 0.